The predicted octanol–water partition coefficient (Wildman–Crippen LogP) is 6.65. The standard InChI is InChI=1S/C12H14O4.C12H10O4.C12H18O2.C8H8O2/c2*13-11(14)7-5-9-1-2-10(4-3-9)6-8-12(15)16;13-9-1-3-11-5-7-12(8-6-11)4-2-10-14;1-10-8-4-2-7(6-9)3-5-8/h1-4H,5-8H2,(H,13,14)(H,15,16);1-8H,(H,13,14)(H,15,16);5-8,13-14H,1-4,9-10H2;2-6H,1H3/b;7-5+,8-6+;;. The van der Waals surface area contributed by atoms with Crippen LogP contribution in [0.15, 0.2) is 109 Å². The molecule has 0 atom stereocenters. The monoisotopic (exact) mass is 770 g/mol. The van der Waals surface area contributed by atoms with Gasteiger partial charge >= 0.3 is 23.9 Å². The Kier molecular flexibility index (Phi) is 24.7. The molecular weight excluding hydrogens is 720 g/mol. The molecule has 0 unspecified atom stereocenters. The molecule has 0 amide bonds. The summed E-state index contributed by atoms with van der Waals surface area (Å²) in [4.78, 5) is 51.4. The number of aryl methyl sites for hydroxylation is 4. The van der Waals surface area contributed by atoms with Gasteiger partial charge in [-0.15, -0.1) is 0 Å². The van der Waals surface area contributed by atoms with Crippen LogP contribution in [0.4, 0.5) is 0 Å². The van der Waals surface area contributed by atoms with Crippen molar-refractivity contribution < 1.29 is 59.3 Å². The summed E-state index contributed by atoms with van der Waals surface area (Å²) in [6, 6.07) is 29.6. The summed E-state index contributed by atoms with van der Waals surface area (Å²) in [6.45, 7) is 0.512. The highest BCUT2D eigenvalue weighted by Gasteiger charge is 2.02. The van der Waals surface area contributed by atoms with E-state index in [0.29, 0.717) is 18.4 Å². The largest absolute Gasteiger partial charge is 0.497 e. The van der Waals surface area contributed by atoms with E-state index in [-0.39, 0.29) is 26.1 Å². The first kappa shape index (κ1) is 47.7. The van der Waals surface area contributed by atoms with E-state index in [0.717, 1.165) is 72.1 Å². The number of aldehydes is 1. The molecule has 12 heteroatoms. The number of hydrogen-bond acceptors (Lipinski definition) is 8. The van der Waals surface area contributed by atoms with Gasteiger partial charge in [0.15, 0.2) is 0 Å². The first-order chi connectivity index (χ1) is 26.9. The number of ether oxygens (including phenoxy) is 1. The number of aliphatic carboxylic acids is 4. The van der Waals surface area contributed by atoms with Crippen LogP contribution in [-0.4, -0.2) is 81.1 Å². The van der Waals surface area contributed by atoms with E-state index in [2.05, 4.69) is 24.3 Å². The van der Waals surface area contributed by atoms with Crippen molar-refractivity contribution in [3.63, 3.8) is 0 Å². The van der Waals surface area contributed by atoms with Gasteiger partial charge in [-0.2, -0.15) is 0 Å². The van der Waals surface area contributed by atoms with Crippen LogP contribution < -0.4 is 4.74 Å². The Morgan fingerprint density at radius 2 is 0.821 bits per heavy atom. The maximum absolute atomic E-state index is 10.4. The fourth-order valence-electron chi connectivity index (χ4n) is 4.55. The van der Waals surface area contributed by atoms with Gasteiger partial charge in [-0.05, 0) is 108 Å². The minimum Gasteiger partial charge on any atom is -0.497 e. The van der Waals surface area contributed by atoms with E-state index < -0.39 is 23.9 Å². The summed E-state index contributed by atoms with van der Waals surface area (Å²) in [6.07, 6.45) is 10.6. The number of aliphatic hydroxyl groups is 2. The Labute approximate surface area is 326 Å². The normalized spacial score (nSPS) is 10.2. The maximum Gasteiger partial charge on any atom is 0.328 e. The molecule has 4 aromatic carbocycles. The van der Waals surface area contributed by atoms with Gasteiger partial charge in [0, 0.05) is 43.8 Å². The number of carboxylic acids is 4. The van der Waals surface area contributed by atoms with E-state index in [4.69, 9.17) is 35.4 Å². The van der Waals surface area contributed by atoms with Crippen LogP contribution in [0.2, 0.25) is 0 Å². The van der Waals surface area contributed by atoms with E-state index >= 15 is 0 Å². The Balaban J connectivity index is 0.000000378. The molecule has 56 heavy (non-hydrogen) atoms. The summed E-state index contributed by atoms with van der Waals surface area (Å²) in [5.41, 5.74) is 6.62. The highest BCUT2D eigenvalue weighted by molar-refractivity contribution is 5.86. The molecule has 0 aromatic heterocycles. The number of aliphatic hydroxyl groups excluding tert-OH is 2. The zero-order chi connectivity index (χ0) is 41.6. The average molecular weight is 771 g/mol. The molecule has 0 saturated heterocycles. The van der Waals surface area contributed by atoms with Crippen molar-refractivity contribution in [2.75, 3.05) is 20.3 Å². The molecule has 6 N–H and O–H groups in total. The van der Waals surface area contributed by atoms with Crippen LogP contribution >= 0.6 is 0 Å². The first-order valence-electron chi connectivity index (χ1n) is 17.7. The van der Waals surface area contributed by atoms with Gasteiger partial charge in [-0.1, -0.05) is 72.8 Å². The molecule has 0 aliphatic heterocycles. The van der Waals surface area contributed by atoms with Crippen molar-refractivity contribution in [3.05, 3.63) is 148 Å². The Morgan fingerprint density at radius 1 is 0.500 bits per heavy atom. The molecule has 0 radical (unpaired) electrons. The molecule has 12 nitrogen and oxygen atoms in total. The van der Waals surface area contributed by atoms with Crippen LogP contribution in [0.1, 0.15) is 69.4 Å². The first-order valence-corrected chi connectivity index (χ1v) is 17.7. The van der Waals surface area contributed by atoms with Gasteiger partial charge in [-0.3, -0.25) is 14.4 Å². The number of carbonyl (C=O) groups excluding carboxylic acids is 1. The summed E-state index contributed by atoms with van der Waals surface area (Å²) in [5, 5.41) is 51.2. The lowest BCUT2D eigenvalue weighted by Gasteiger charge is -2.02. The van der Waals surface area contributed by atoms with Crippen molar-refractivity contribution in [2.24, 2.45) is 0 Å². The van der Waals surface area contributed by atoms with Crippen molar-refractivity contribution in [2.45, 2.75) is 51.4 Å². The average Bonchev–Trinajstić information content (AvgIpc) is 3.21. The molecular formula is C44H50O12. The summed E-state index contributed by atoms with van der Waals surface area (Å²) < 4.78 is 4.90. The van der Waals surface area contributed by atoms with Crippen LogP contribution in [0.5, 0.6) is 5.75 Å². The van der Waals surface area contributed by atoms with Gasteiger partial charge in [0.05, 0.1) is 7.11 Å². The number of carboxylic acid groups (broad SMARTS) is 4. The molecule has 0 spiro atoms. The molecule has 4 aromatic rings. The van der Waals surface area contributed by atoms with Gasteiger partial charge in [-0.25, -0.2) is 9.59 Å². The Morgan fingerprint density at radius 3 is 1.09 bits per heavy atom. The number of benzene rings is 4. The second-order valence-corrected chi connectivity index (χ2v) is 12.0. The lowest BCUT2D eigenvalue weighted by Crippen LogP contribution is -1.99. The zero-order valence-electron chi connectivity index (χ0n) is 31.3. The lowest BCUT2D eigenvalue weighted by molar-refractivity contribution is -0.138. The zero-order valence-corrected chi connectivity index (χ0v) is 31.3. The van der Waals surface area contributed by atoms with E-state index in [1.165, 1.54) is 23.3 Å². The maximum atomic E-state index is 10.4. The molecule has 0 aliphatic rings. The number of methoxy groups -OCH3 is 1. The van der Waals surface area contributed by atoms with Gasteiger partial charge in [0.2, 0.25) is 0 Å². The molecule has 0 heterocycles. The number of carbonyl (C=O) groups is 5. The van der Waals surface area contributed by atoms with Crippen molar-refractivity contribution >= 4 is 42.3 Å². The quantitative estimate of drug-likeness (QED) is 0.0463. The van der Waals surface area contributed by atoms with Gasteiger partial charge in [0.25, 0.3) is 0 Å². The highest BCUT2D eigenvalue weighted by Crippen LogP contribution is 2.11. The second kappa shape index (κ2) is 29.0. The number of hydrogen-bond donors (Lipinski definition) is 6. The van der Waals surface area contributed by atoms with Crippen molar-refractivity contribution in [1.82, 2.24) is 0 Å². The molecule has 0 saturated carbocycles. The third-order valence-electron chi connectivity index (χ3n) is 7.57. The van der Waals surface area contributed by atoms with E-state index in [9.17, 15) is 24.0 Å². The van der Waals surface area contributed by atoms with E-state index in [1.54, 1.807) is 55.6 Å². The second-order valence-electron chi connectivity index (χ2n) is 12.0. The molecule has 4 rings (SSSR count). The third kappa shape index (κ3) is 24.0. The van der Waals surface area contributed by atoms with Gasteiger partial charge < -0.3 is 35.4 Å². The van der Waals surface area contributed by atoms with Crippen LogP contribution in [0.3, 0.4) is 0 Å². The van der Waals surface area contributed by atoms with Crippen molar-refractivity contribution in [1.29, 1.82) is 0 Å². The summed E-state index contributed by atoms with van der Waals surface area (Å²) >= 11 is 0. The lowest BCUT2D eigenvalue weighted by atomic mass is 10.0. The Hall–Kier alpha value is -6.37. The Bertz CT molecular complexity index is 1690. The van der Waals surface area contributed by atoms with Crippen molar-refractivity contribution in [3.8, 4) is 5.75 Å². The van der Waals surface area contributed by atoms with Gasteiger partial charge in [0.1, 0.15) is 12.0 Å². The van der Waals surface area contributed by atoms with Crippen LogP contribution in [0, 0.1) is 0 Å². The fourth-order valence-corrected chi connectivity index (χ4v) is 4.55. The third-order valence-corrected chi connectivity index (χ3v) is 7.57. The number of rotatable bonds is 18. The minimum absolute atomic E-state index is 0.120. The summed E-state index contributed by atoms with van der Waals surface area (Å²) in [5.74, 6) is -2.86. The smallest absolute Gasteiger partial charge is 0.328 e. The minimum atomic E-state index is -1.00. The molecule has 0 bridgehead atoms. The highest BCUT2D eigenvalue weighted by atomic mass is 16.5. The topological polar surface area (TPSA) is 216 Å². The van der Waals surface area contributed by atoms with Crippen LogP contribution in [-0.2, 0) is 44.9 Å². The molecule has 298 valence electrons. The molecule has 0 aliphatic carbocycles. The summed E-state index contributed by atoms with van der Waals surface area (Å²) in [7, 11) is 1.59. The van der Waals surface area contributed by atoms with Crippen LogP contribution in [0.25, 0.3) is 12.2 Å². The SMILES string of the molecule is COc1ccc(C=O)cc1.O=C(O)/C=C/c1ccc(/C=C/C(=O)O)cc1.O=C(O)CCc1ccc(CCC(=O)O)cc1.OCCCc1ccc(CCCO)cc1. The predicted molar refractivity (Wildman–Crippen MR) is 214 cm³/mol. The fraction of sp³-hybridized carbons (Fsp3) is 0.250. The molecule has 0 fully saturated rings. The van der Waals surface area contributed by atoms with E-state index in [1.807, 2.05) is 24.3 Å².